The maximum Gasteiger partial charge on any atom is 0.412 e. The first-order valence-corrected chi connectivity index (χ1v) is 9.22. The number of amides is 1. The summed E-state index contributed by atoms with van der Waals surface area (Å²) < 4.78 is 10.6. The van der Waals surface area contributed by atoms with Crippen LogP contribution in [0.1, 0.15) is 32.1 Å². The van der Waals surface area contributed by atoms with Crippen molar-refractivity contribution in [3.63, 3.8) is 0 Å². The highest BCUT2D eigenvalue weighted by Crippen LogP contribution is 2.31. The predicted molar refractivity (Wildman–Crippen MR) is 101 cm³/mol. The van der Waals surface area contributed by atoms with Crippen LogP contribution in [0, 0.1) is 0 Å². The summed E-state index contributed by atoms with van der Waals surface area (Å²) in [6, 6.07) is 6.60. The average molecular weight is 380 g/mol. The number of pyridine rings is 1. The minimum Gasteiger partial charge on any atom is -0.508 e. The Morgan fingerprint density at radius 2 is 1.89 bits per heavy atom. The number of hydrogen-bond acceptors (Lipinski definition) is 7. The summed E-state index contributed by atoms with van der Waals surface area (Å²) >= 11 is 0. The van der Waals surface area contributed by atoms with E-state index in [9.17, 15) is 9.90 Å². The van der Waals surface area contributed by atoms with Gasteiger partial charge in [-0.1, -0.05) is 19.3 Å². The van der Waals surface area contributed by atoms with Crippen molar-refractivity contribution in [1.82, 2.24) is 20.5 Å². The van der Waals surface area contributed by atoms with Crippen molar-refractivity contribution in [2.75, 3.05) is 0 Å². The lowest BCUT2D eigenvalue weighted by molar-refractivity contribution is 0.192. The minimum atomic E-state index is -0.513. The Kier molecular flexibility index (Phi) is 5.18. The van der Waals surface area contributed by atoms with Crippen molar-refractivity contribution in [1.29, 1.82) is 0 Å². The molecule has 0 atom stereocenters. The quantitative estimate of drug-likeness (QED) is 0.705. The molecule has 2 N–H and O–H groups in total. The summed E-state index contributed by atoms with van der Waals surface area (Å²) in [5, 5.41) is 20.5. The lowest BCUT2D eigenvalue weighted by atomic mass is 9.96. The summed E-state index contributed by atoms with van der Waals surface area (Å²) in [6.45, 7) is 0. The van der Waals surface area contributed by atoms with E-state index in [2.05, 4.69) is 20.5 Å². The van der Waals surface area contributed by atoms with Crippen molar-refractivity contribution < 1.29 is 19.1 Å². The molecule has 0 aliphatic heterocycles. The number of aromatic nitrogens is 3. The first-order chi connectivity index (χ1) is 13.7. The molecule has 1 aromatic carbocycles. The van der Waals surface area contributed by atoms with Gasteiger partial charge in [-0.05, 0) is 36.6 Å². The van der Waals surface area contributed by atoms with Crippen LogP contribution in [0.25, 0.3) is 22.6 Å². The van der Waals surface area contributed by atoms with Gasteiger partial charge in [0, 0.05) is 30.1 Å². The van der Waals surface area contributed by atoms with E-state index in [-0.39, 0.29) is 17.5 Å². The van der Waals surface area contributed by atoms with Gasteiger partial charge in [-0.15, -0.1) is 10.2 Å². The number of carbonyl (C=O) groups excluding carboxylic acids is 1. The van der Waals surface area contributed by atoms with E-state index in [1.54, 1.807) is 30.6 Å². The lowest BCUT2D eigenvalue weighted by Gasteiger charge is -2.22. The fourth-order valence-electron chi connectivity index (χ4n) is 3.37. The molecule has 28 heavy (non-hydrogen) atoms. The smallest absolute Gasteiger partial charge is 0.412 e. The van der Waals surface area contributed by atoms with E-state index in [0.717, 1.165) is 25.7 Å². The molecule has 0 saturated heterocycles. The SMILES string of the molecule is O=C(NC1CCCCC1)Oc1cc(O)cc(-c2cncc(-c3nnco3)c2)c1. The van der Waals surface area contributed by atoms with E-state index >= 15 is 0 Å². The van der Waals surface area contributed by atoms with Gasteiger partial charge in [0.25, 0.3) is 0 Å². The maximum atomic E-state index is 12.2. The maximum absolute atomic E-state index is 12.2. The number of phenolic OH excluding ortho intramolecular Hbond substituents is 1. The average Bonchev–Trinajstić information content (AvgIpc) is 3.23. The molecule has 2 aromatic heterocycles. The molecule has 1 saturated carbocycles. The Labute approximate surface area is 161 Å². The van der Waals surface area contributed by atoms with Gasteiger partial charge in [0.2, 0.25) is 12.3 Å². The second kappa shape index (κ2) is 8.08. The van der Waals surface area contributed by atoms with Crippen LogP contribution in [-0.4, -0.2) is 32.4 Å². The molecule has 144 valence electrons. The molecule has 0 radical (unpaired) electrons. The van der Waals surface area contributed by atoms with Crippen LogP contribution in [0.3, 0.4) is 0 Å². The molecule has 1 aliphatic carbocycles. The molecule has 1 aliphatic rings. The fourth-order valence-corrected chi connectivity index (χ4v) is 3.37. The Bertz CT molecular complexity index is 953. The summed E-state index contributed by atoms with van der Waals surface area (Å²) in [7, 11) is 0. The molecule has 8 heteroatoms. The highest BCUT2D eigenvalue weighted by molar-refractivity contribution is 5.74. The molecular formula is C20H20N4O4. The Morgan fingerprint density at radius 3 is 2.68 bits per heavy atom. The number of ether oxygens (including phenoxy) is 1. The summed E-state index contributed by atoms with van der Waals surface area (Å²) in [6.07, 6.45) is 9.35. The third-order valence-corrected chi connectivity index (χ3v) is 4.71. The molecule has 0 bridgehead atoms. The summed E-state index contributed by atoms with van der Waals surface area (Å²) in [4.78, 5) is 16.4. The van der Waals surface area contributed by atoms with Gasteiger partial charge in [-0.2, -0.15) is 0 Å². The van der Waals surface area contributed by atoms with Crippen LogP contribution in [0.5, 0.6) is 11.5 Å². The third-order valence-electron chi connectivity index (χ3n) is 4.71. The van der Waals surface area contributed by atoms with Gasteiger partial charge < -0.3 is 19.6 Å². The largest absolute Gasteiger partial charge is 0.508 e. The number of nitrogens with one attached hydrogen (secondary N) is 1. The number of benzene rings is 1. The summed E-state index contributed by atoms with van der Waals surface area (Å²) in [5.74, 6) is 0.588. The molecule has 4 rings (SSSR count). The number of rotatable bonds is 4. The van der Waals surface area contributed by atoms with Gasteiger partial charge in [-0.3, -0.25) is 4.98 Å². The Hall–Kier alpha value is -3.42. The number of aromatic hydroxyl groups is 1. The normalized spacial score (nSPS) is 14.6. The van der Waals surface area contributed by atoms with E-state index < -0.39 is 6.09 Å². The monoisotopic (exact) mass is 380 g/mol. The van der Waals surface area contributed by atoms with Crippen molar-refractivity contribution >= 4 is 6.09 Å². The molecular weight excluding hydrogens is 360 g/mol. The number of carbonyl (C=O) groups is 1. The van der Waals surface area contributed by atoms with Crippen LogP contribution in [0.4, 0.5) is 4.79 Å². The van der Waals surface area contributed by atoms with Gasteiger partial charge in [0.05, 0.1) is 5.56 Å². The first-order valence-electron chi connectivity index (χ1n) is 9.22. The molecule has 0 spiro atoms. The fraction of sp³-hybridized carbons (Fsp3) is 0.300. The molecule has 1 amide bonds. The third kappa shape index (κ3) is 4.28. The molecule has 0 unspecified atom stereocenters. The van der Waals surface area contributed by atoms with Crippen molar-refractivity contribution in [2.45, 2.75) is 38.1 Å². The van der Waals surface area contributed by atoms with Crippen LogP contribution in [-0.2, 0) is 0 Å². The number of phenols is 1. The van der Waals surface area contributed by atoms with E-state index in [0.29, 0.717) is 22.6 Å². The molecule has 1 fully saturated rings. The first kappa shape index (κ1) is 18.0. The van der Waals surface area contributed by atoms with Crippen LogP contribution in [0.2, 0.25) is 0 Å². The number of hydrogen-bond donors (Lipinski definition) is 2. The highest BCUT2D eigenvalue weighted by Gasteiger charge is 2.17. The van der Waals surface area contributed by atoms with Crippen LogP contribution < -0.4 is 10.1 Å². The molecule has 3 aromatic rings. The lowest BCUT2D eigenvalue weighted by Crippen LogP contribution is -2.37. The van der Waals surface area contributed by atoms with Crippen molar-refractivity contribution in [3.8, 4) is 34.1 Å². The van der Waals surface area contributed by atoms with E-state index in [1.165, 1.54) is 18.9 Å². The molecule has 2 heterocycles. The van der Waals surface area contributed by atoms with E-state index in [4.69, 9.17) is 9.15 Å². The number of nitrogens with zero attached hydrogens (tertiary/aromatic N) is 3. The highest BCUT2D eigenvalue weighted by atomic mass is 16.6. The van der Waals surface area contributed by atoms with Crippen LogP contribution >= 0.6 is 0 Å². The topological polar surface area (TPSA) is 110 Å². The zero-order valence-corrected chi connectivity index (χ0v) is 15.2. The zero-order valence-electron chi connectivity index (χ0n) is 15.2. The Balaban J connectivity index is 1.52. The van der Waals surface area contributed by atoms with Gasteiger partial charge >= 0.3 is 6.09 Å². The predicted octanol–water partition coefficient (Wildman–Crippen LogP) is 3.93. The summed E-state index contributed by atoms with van der Waals surface area (Å²) in [5.41, 5.74) is 2.01. The zero-order chi connectivity index (χ0) is 19.3. The van der Waals surface area contributed by atoms with Gasteiger partial charge in [0.1, 0.15) is 11.5 Å². The van der Waals surface area contributed by atoms with Gasteiger partial charge in [0.15, 0.2) is 0 Å². The van der Waals surface area contributed by atoms with E-state index in [1.807, 2.05) is 0 Å². The second-order valence-corrected chi connectivity index (χ2v) is 6.79. The molecule has 8 nitrogen and oxygen atoms in total. The standard InChI is InChI=1S/C20H20N4O4/c25-17-7-13(14-6-15(11-21-10-14)19-24-22-12-27-19)8-18(9-17)28-20(26)23-16-4-2-1-3-5-16/h6-12,16,25H,1-5H2,(H,23,26). The second-order valence-electron chi connectivity index (χ2n) is 6.79. The Morgan fingerprint density at radius 1 is 1.07 bits per heavy atom. The van der Waals surface area contributed by atoms with Crippen molar-refractivity contribution in [2.24, 2.45) is 0 Å². The minimum absolute atomic E-state index is 0.0128. The van der Waals surface area contributed by atoms with Gasteiger partial charge in [-0.25, -0.2) is 4.79 Å². The van der Waals surface area contributed by atoms with Crippen molar-refractivity contribution in [3.05, 3.63) is 43.1 Å². The van der Waals surface area contributed by atoms with Crippen LogP contribution in [0.15, 0.2) is 47.5 Å².